The first kappa shape index (κ1) is 11.0. The zero-order chi connectivity index (χ0) is 10.9. The highest BCUT2D eigenvalue weighted by Gasteiger charge is 2.33. The van der Waals surface area contributed by atoms with Gasteiger partial charge in [0.15, 0.2) is 0 Å². The molecule has 15 heavy (non-hydrogen) atoms. The van der Waals surface area contributed by atoms with Crippen molar-refractivity contribution in [2.45, 2.75) is 44.8 Å². The first-order valence-electron chi connectivity index (χ1n) is 5.40. The van der Waals surface area contributed by atoms with E-state index in [1.165, 1.54) is 6.42 Å². The van der Waals surface area contributed by atoms with Gasteiger partial charge in [0.25, 0.3) is 0 Å². The lowest BCUT2D eigenvalue weighted by atomic mass is 9.97. The fraction of sp³-hybridized carbons (Fsp3) is 0.727. The molecule has 1 aromatic rings. The van der Waals surface area contributed by atoms with Crippen molar-refractivity contribution in [2.75, 3.05) is 6.61 Å². The Morgan fingerprint density at radius 1 is 1.60 bits per heavy atom. The molecule has 1 aliphatic rings. The molecular weight excluding hydrogens is 210 g/mol. The van der Waals surface area contributed by atoms with Gasteiger partial charge < -0.3 is 9.84 Å². The highest BCUT2D eigenvalue weighted by Crippen LogP contribution is 2.37. The summed E-state index contributed by atoms with van der Waals surface area (Å²) in [7, 11) is 0. The third-order valence-electron chi connectivity index (χ3n) is 2.86. The van der Waals surface area contributed by atoms with Crippen molar-refractivity contribution in [3.05, 3.63) is 16.1 Å². The molecule has 2 rings (SSSR count). The van der Waals surface area contributed by atoms with E-state index < -0.39 is 6.10 Å². The molecule has 0 aromatic carbocycles. The van der Waals surface area contributed by atoms with Crippen molar-refractivity contribution in [3.63, 3.8) is 0 Å². The molecule has 1 aliphatic heterocycles. The Balaban J connectivity index is 2.20. The van der Waals surface area contributed by atoms with E-state index in [1.807, 2.05) is 0 Å². The van der Waals surface area contributed by atoms with Crippen LogP contribution in [0.25, 0.3) is 0 Å². The second kappa shape index (κ2) is 4.20. The topological polar surface area (TPSA) is 42.4 Å². The molecule has 0 amide bonds. The summed E-state index contributed by atoms with van der Waals surface area (Å²) < 4.78 is 5.81. The molecule has 84 valence electrons. The molecule has 0 saturated carbocycles. The van der Waals surface area contributed by atoms with Crippen LogP contribution in [0.4, 0.5) is 0 Å². The van der Waals surface area contributed by atoms with Crippen molar-refractivity contribution in [2.24, 2.45) is 0 Å². The van der Waals surface area contributed by atoms with Crippen LogP contribution >= 0.6 is 11.3 Å². The Morgan fingerprint density at radius 3 is 2.93 bits per heavy atom. The van der Waals surface area contributed by atoms with E-state index in [9.17, 15) is 5.11 Å². The van der Waals surface area contributed by atoms with Crippen LogP contribution in [-0.2, 0) is 10.3 Å². The molecular formula is C11H17NO2S. The highest BCUT2D eigenvalue weighted by molar-refractivity contribution is 7.11. The van der Waals surface area contributed by atoms with E-state index >= 15 is 0 Å². The van der Waals surface area contributed by atoms with E-state index in [-0.39, 0.29) is 5.60 Å². The average Bonchev–Trinajstić information content (AvgIpc) is 2.68. The zero-order valence-electron chi connectivity index (χ0n) is 9.19. The van der Waals surface area contributed by atoms with E-state index in [2.05, 4.69) is 11.9 Å². The van der Waals surface area contributed by atoms with Crippen LogP contribution < -0.4 is 0 Å². The zero-order valence-corrected chi connectivity index (χ0v) is 10.0. The smallest absolute Gasteiger partial charge is 0.125 e. The summed E-state index contributed by atoms with van der Waals surface area (Å²) in [6.07, 6.45) is 4.70. The maximum Gasteiger partial charge on any atom is 0.125 e. The van der Waals surface area contributed by atoms with Gasteiger partial charge >= 0.3 is 0 Å². The lowest BCUT2D eigenvalue weighted by Gasteiger charge is -2.31. The fourth-order valence-electron chi connectivity index (χ4n) is 1.83. The Morgan fingerprint density at radius 2 is 2.40 bits per heavy atom. The molecule has 0 bridgehead atoms. The molecule has 1 saturated heterocycles. The summed E-state index contributed by atoms with van der Waals surface area (Å²) in [5.74, 6) is 0. The number of aromatic nitrogens is 1. The quantitative estimate of drug-likeness (QED) is 0.844. The van der Waals surface area contributed by atoms with Crippen LogP contribution in [0.2, 0.25) is 0 Å². The minimum Gasteiger partial charge on any atom is -0.388 e. The molecule has 0 aliphatic carbocycles. The monoisotopic (exact) mass is 227 g/mol. The maximum atomic E-state index is 9.45. The number of ether oxygens (including phenoxy) is 1. The molecule has 2 heterocycles. The lowest BCUT2D eigenvalue weighted by molar-refractivity contribution is -0.0702. The first-order chi connectivity index (χ1) is 7.12. The van der Waals surface area contributed by atoms with Crippen LogP contribution in [-0.4, -0.2) is 16.7 Å². The number of thiazole rings is 1. The van der Waals surface area contributed by atoms with Crippen molar-refractivity contribution >= 4 is 11.3 Å². The van der Waals surface area contributed by atoms with E-state index in [1.54, 1.807) is 24.5 Å². The van der Waals surface area contributed by atoms with Crippen LogP contribution in [0.1, 0.15) is 49.1 Å². The fourth-order valence-corrected chi connectivity index (χ4v) is 2.81. The van der Waals surface area contributed by atoms with Crippen molar-refractivity contribution in [1.29, 1.82) is 0 Å². The van der Waals surface area contributed by atoms with Crippen LogP contribution in [0, 0.1) is 0 Å². The predicted octanol–water partition coefficient (Wildman–Crippen LogP) is 2.61. The number of aliphatic hydroxyl groups is 1. The van der Waals surface area contributed by atoms with Crippen molar-refractivity contribution in [3.8, 4) is 0 Å². The van der Waals surface area contributed by atoms with Crippen LogP contribution in [0.3, 0.4) is 0 Å². The molecule has 4 heteroatoms. The molecule has 0 radical (unpaired) electrons. The summed E-state index contributed by atoms with van der Waals surface area (Å²) in [4.78, 5) is 5.28. The number of hydrogen-bond acceptors (Lipinski definition) is 4. The van der Waals surface area contributed by atoms with Gasteiger partial charge in [0.05, 0.1) is 11.0 Å². The highest BCUT2D eigenvalue weighted by atomic mass is 32.1. The summed E-state index contributed by atoms with van der Waals surface area (Å²) in [6, 6.07) is 0. The predicted molar refractivity (Wildman–Crippen MR) is 59.9 cm³/mol. The average molecular weight is 227 g/mol. The van der Waals surface area contributed by atoms with Gasteiger partial charge in [-0.1, -0.05) is 0 Å². The number of rotatable bonds is 2. The second-order valence-corrected chi connectivity index (χ2v) is 5.34. The summed E-state index contributed by atoms with van der Waals surface area (Å²) >= 11 is 1.56. The minimum absolute atomic E-state index is 0.226. The number of hydrogen-bond donors (Lipinski definition) is 1. The van der Waals surface area contributed by atoms with E-state index in [0.29, 0.717) is 0 Å². The molecule has 2 unspecified atom stereocenters. The van der Waals surface area contributed by atoms with Gasteiger partial charge in [-0.05, 0) is 33.1 Å². The Hall–Kier alpha value is -0.450. The van der Waals surface area contributed by atoms with E-state index in [4.69, 9.17) is 4.74 Å². The third kappa shape index (κ3) is 2.22. The normalized spacial score (nSPS) is 29.0. The van der Waals surface area contributed by atoms with Crippen molar-refractivity contribution < 1.29 is 9.84 Å². The van der Waals surface area contributed by atoms with Gasteiger partial charge in [0, 0.05) is 12.8 Å². The van der Waals surface area contributed by atoms with Gasteiger partial charge in [0.2, 0.25) is 0 Å². The Kier molecular flexibility index (Phi) is 3.09. The molecule has 2 atom stereocenters. The Bertz CT molecular complexity index is 329. The molecule has 1 fully saturated rings. The van der Waals surface area contributed by atoms with Crippen LogP contribution in [0.5, 0.6) is 0 Å². The van der Waals surface area contributed by atoms with Gasteiger partial charge in [-0.15, -0.1) is 11.3 Å². The maximum absolute atomic E-state index is 9.45. The Labute approximate surface area is 94.1 Å². The van der Waals surface area contributed by atoms with Gasteiger partial charge in [-0.2, -0.15) is 0 Å². The molecule has 1 N–H and O–H groups in total. The summed E-state index contributed by atoms with van der Waals surface area (Å²) in [6.45, 7) is 4.68. The summed E-state index contributed by atoms with van der Waals surface area (Å²) in [5.41, 5.74) is -0.226. The molecule has 3 nitrogen and oxygen atoms in total. The van der Waals surface area contributed by atoms with Crippen LogP contribution in [0.15, 0.2) is 6.20 Å². The first-order valence-corrected chi connectivity index (χ1v) is 6.22. The third-order valence-corrected chi connectivity index (χ3v) is 4.27. The second-order valence-electron chi connectivity index (χ2n) is 4.28. The van der Waals surface area contributed by atoms with Crippen molar-refractivity contribution in [1.82, 2.24) is 4.98 Å². The number of nitrogens with zero attached hydrogens (tertiary/aromatic N) is 1. The van der Waals surface area contributed by atoms with Gasteiger partial charge in [0.1, 0.15) is 10.6 Å². The largest absolute Gasteiger partial charge is 0.388 e. The van der Waals surface area contributed by atoms with E-state index in [0.717, 1.165) is 29.3 Å². The number of aliphatic hydroxyl groups excluding tert-OH is 1. The standard InChI is InChI=1S/C11H17NO2S/c1-8(13)9-7-12-10(15-9)11(2)5-3-4-6-14-11/h7-8,13H,3-6H2,1-2H3. The van der Waals surface area contributed by atoms with Gasteiger partial charge in [-0.25, -0.2) is 4.98 Å². The lowest BCUT2D eigenvalue weighted by Crippen LogP contribution is -2.29. The molecule has 1 aromatic heterocycles. The molecule has 0 spiro atoms. The summed E-state index contributed by atoms with van der Waals surface area (Å²) in [5, 5.41) is 10.4. The minimum atomic E-state index is -0.427. The SMILES string of the molecule is CC(O)c1cnc(C2(C)CCCCO2)s1. The van der Waals surface area contributed by atoms with Gasteiger partial charge in [-0.3, -0.25) is 0 Å².